The van der Waals surface area contributed by atoms with Crippen LogP contribution in [-0.2, 0) is 9.59 Å². The predicted molar refractivity (Wildman–Crippen MR) is 103 cm³/mol. The number of thiocarbonyl (C=S) groups is 1. The van der Waals surface area contributed by atoms with Crippen LogP contribution in [0.15, 0.2) is 35.3 Å². The van der Waals surface area contributed by atoms with Crippen LogP contribution in [0, 0.1) is 5.92 Å². The highest BCUT2D eigenvalue weighted by atomic mass is 32.1. The Morgan fingerprint density at radius 1 is 1.16 bits per heavy atom. The lowest BCUT2D eigenvalue weighted by atomic mass is 10.0. The molecule has 1 atom stereocenters. The number of anilines is 1. The number of rotatable bonds is 7. The molecule has 2 amide bonds. The van der Waals surface area contributed by atoms with Gasteiger partial charge in [-0.25, -0.2) is 0 Å². The van der Waals surface area contributed by atoms with Gasteiger partial charge in [-0.3, -0.25) is 24.4 Å². The third kappa shape index (κ3) is 4.29. The van der Waals surface area contributed by atoms with E-state index in [-0.39, 0.29) is 16.9 Å². The minimum Gasteiger partial charge on any atom is -0.334 e. The standard InChI is InChI=1S/C18H24N4O2S/c1-4-21(5-2)12-11-19-13-15-16(23)20(3)18(25)22(17(15)24)14-9-7-6-8-10-14/h6-10,13,15H,4-5,11-12H2,1-3H3/p+1. The third-order valence-corrected chi connectivity index (χ3v) is 4.88. The predicted octanol–water partition coefficient (Wildman–Crippen LogP) is 0.388. The van der Waals surface area contributed by atoms with E-state index in [1.807, 2.05) is 18.2 Å². The highest BCUT2D eigenvalue weighted by molar-refractivity contribution is 7.80. The van der Waals surface area contributed by atoms with Crippen molar-refractivity contribution >= 4 is 41.0 Å². The van der Waals surface area contributed by atoms with E-state index in [1.54, 1.807) is 19.2 Å². The number of hydrogen-bond donors (Lipinski definition) is 1. The Kier molecular flexibility index (Phi) is 6.78. The molecule has 0 aliphatic carbocycles. The van der Waals surface area contributed by atoms with Crippen LogP contribution in [0.2, 0.25) is 0 Å². The average molecular weight is 361 g/mol. The highest BCUT2D eigenvalue weighted by Crippen LogP contribution is 2.23. The van der Waals surface area contributed by atoms with Crippen molar-refractivity contribution in [3.05, 3.63) is 30.3 Å². The molecule has 6 nitrogen and oxygen atoms in total. The van der Waals surface area contributed by atoms with Crippen molar-refractivity contribution < 1.29 is 14.5 Å². The molecule has 1 aromatic rings. The number of nitrogens with zero attached hydrogens (tertiary/aromatic N) is 3. The molecular weight excluding hydrogens is 336 g/mol. The van der Waals surface area contributed by atoms with Crippen LogP contribution in [0.4, 0.5) is 5.69 Å². The van der Waals surface area contributed by atoms with Crippen LogP contribution in [-0.4, -0.2) is 61.3 Å². The van der Waals surface area contributed by atoms with Gasteiger partial charge >= 0.3 is 0 Å². The summed E-state index contributed by atoms with van der Waals surface area (Å²) in [5.74, 6) is -1.61. The molecule has 2 rings (SSSR count). The molecule has 1 heterocycles. The number of amides is 2. The number of quaternary nitrogens is 1. The third-order valence-electron chi connectivity index (χ3n) is 4.42. The van der Waals surface area contributed by atoms with Crippen LogP contribution >= 0.6 is 12.2 Å². The zero-order valence-electron chi connectivity index (χ0n) is 14.9. The maximum Gasteiger partial charge on any atom is 0.251 e. The van der Waals surface area contributed by atoms with Gasteiger partial charge in [-0.1, -0.05) is 18.2 Å². The molecule has 1 aliphatic heterocycles. The molecule has 25 heavy (non-hydrogen) atoms. The lowest BCUT2D eigenvalue weighted by molar-refractivity contribution is -0.894. The minimum absolute atomic E-state index is 0.193. The van der Waals surface area contributed by atoms with Crippen molar-refractivity contribution in [1.29, 1.82) is 0 Å². The fourth-order valence-corrected chi connectivity index (χ4v) is 3.03. The topological polar surface area (TPSA) is 57.4 Å². The molecule has 7 heteroatoms. The minimum atomic E-state index is -0.927. The summed E-state index contributed by atoms with van der Waals surface area (Å²) in [5.41, 5.74) is 0.655. The zero-order valence-corrected chi connectivity index (χ0v) is 15.8. The molecule has 1 saturated heterocycles. The Labute approximate surface area is 154 Å². The molecule has 0 aromatic heterocycles. The van der Waals surface area contributed by atoms with E-state index in [0.29, 0.717) is 12.2 Å². The van der Waals surface area contributed by atoms with E-state index in [4.69, 9.17) is 12.2 Å². The molecule has 1 fully saturated rings. The maximum absolute atomic E-state index is 12.8. The number of likely N-dealkylation sites (N-methyl/N-ethyl adjacent to an activating group) is 1. The molecular formula is C18H25N4O2S+. The number of aliphatic imine (C=N–C) groups is 1. The summed E-state index contributed by atoms with van der Waals surface area (Å²) in [7, 11) is 1.59. The van der Waals surface area contributed by atoms with Crippen molar-refractivity contribution in [3.8, 4) is 0 Å². The monoisotopic (exact) mass is 361 g/mol. The second-order valence-electron chi connectivity index (χ2n) is 5.93. The molecule has 0 spiro atoms. The Balaban J connectivity index is 2.15. The summed E-state index contributed by atoms with van der Waals surface area (Å²) in [6.45, 7) is 7.80. The van der Waals surface area contributed by atoms with E-state index in [9.17, 15) is 9.59 Å². The van der Waals surface area contributed by atoms with Gasteiger partial charge < -0.3 is 4.90 Å². The summed E-state index contributed by atoms with van der Waals surface area (Å²) >= 11 is 5.30. The van der Waals surface area contributed by atoms with Crippen molar-refractivity contribution in [3.63, 3.8) is 0 Å². The first-order valence-electron chi connectivity index (χ1n) is 8.55. The van der Waals surface area contributed by atoms with Gasteiger partial charge in [0.2, 0.25) is 5.91 Å². The number of para-hydroxylation sites is 1. The summed E-state index contributed by atoms with van der Waals surface area (Å²) in [4.78, 5) is 33.8. The highest BCUT2D eigenvalue weighted by Gasteiger charge is 2.41. The van der Waals surface area contributed by atoms with Crippen LogP contribution < -0.4 is 9.80 Å². The van der Waals surface area contributed by atoms with E-state index in [1.165, 1.54) is 20.9 Å². The van der Waals surface area contributed by atoms with Crippen molar-refractivity contribution in [2.75, 3.05) is 38.1 Å². The molecule has 1 aromatic carbocycles. The molecule has 134 valence electrons. The van der Waals surface area contributed by atoms with Gasteiger partial charge in [0, 0.05) is 13.3 Å². The Morgan fingerprint density at radius 3 is 2.40 bits per heavy atom. The number of carbonyl (C=O) groups is 2. The number of hydrogen-bond acceptors (Lipinski definition) is 4. The van der Waals surface area contributed by atoms with Gasteiger partial charge in [0.25, 0.3) is 5.91 Å². The largest absolute Gasteiger partial charge is 0.334 e. The summed E-state index contributed by atoms with van der Waals surface area (Å²) in [5, 5.41) is 0.193. The quantitative estimate of drug-likeness (QED) is 0.434. The van der Waals surface area contributed by atoms with Gasteiger partial charge in [0.15, 0.2) is 11.0 Å². The van der Waals surface area contributed by atoms with Crippen molar-refractivity contribution in [1.82, 2.24) is 4.90 Å². The van der Waals surface area contributed by atoms with Gasteiger partial charge in [-0.2, -0.15) is 0 Å². The molecule has 1 aliphatic rings. The SMILES string of the molecule is CC[NH+](CC)CCN=CC1C(=O)N(C)C(=S)N(c2ccccc2)C1=O. The van der Waals surface area contributed by atoms with Gasteiger partial charge in [0.1, 0.15) is 0 Å². The Hall–Kier alpha value is -2.12. The van der Waals surface area contributed by atoms with Crippen LogP contribution in [0.3, 0.4) is 0 Å². The summed E-state index contributed by atoms with van der Waals surface area (Å²) < 4.78 is 0. The number of nitrogens with one attached hydrogen (secondary N) is 1. The van der Waals surface area contributed by atoms with Crippen LogP contribution in [0.5, 0.6) is 0 Å². The smallest absolute Gasteiger partial charge is 0.251 e. The average Bonchev–Trinajstić information content (AvgIpc) is 2.63. The van der Waals surface area contributed by atoms with Crippen molar-refractivity contribution in [2.24, 2.45) is 10.9 Å². The Bertz CT molecular complexity index is 658. The summed E-state index contributed by atoms with van der Waals surface area (Å²) in [6.07, 6.45) is 1.47. The van der Waals surface area contributed by atoms with Crippen molar-refractivity contribution in [2.45, 2.75) is 13.8 Å². The van der Waals surface area contributed by atoms with Crippen LogP contribution in [0.25, 0.3) is 0 Å². The van der Waals surface area contributed by atoms with Gasteiger partial charge in [-0.05, 0) is 38.2 Å². The molecule has 0 bridgehead atoms. The maximum atomic E-state index is 12.8. The van der Waals surface area contributed by atoms with E-state index in [2.05, 4.69) is 18.8 Å². The number of carbonyl (C=O) groups excluding carboxylic acids is 2. The van der Waals surface area contributed by atoms with Gasteiger partial charge in [0.05, 0.1) is 31.9 Å². The molecule has 1 unspecified atom stereocenters. The lowest BCUT2D eigenvalue weighted by Gasteiger charge is -2.36. The first kappa shape index (κ1) is 19.2. The van der Waals surface area contributed by atoms with E-state index < -0.39 is 5.92 Å². The fraction of sp³-hybridized carbons (Fsp3) is 0.444. The molecule has 0 saturated carbocycles. The van der Waals surface area contributed by atoms with Crippen LogP contribution in [0.1, 0.15) is 13.8 Å². The number of benzene rings is 1. The van der Waals surface area contributed by atoms with Gasteiger partial charge in [-0.15, -0.1) is 0 Å². The summed E-state index contributed by atoms with van der Waals surface area (Å²) in [6, 6.07) is 9.12. The second-order valence-corrected chi connectivity index (χ2v) is 6.29. The Morgan fingerprint density at radius 2 is 1.80 bits per heavy atom. The first-order chi connectivity index (χ1) is 12.0. The first-order valence-corrected chi connectivity index (χ1v) is 8.96. The normalized spacial score (nSPS) is 18.7. The zero-order chi connectivity index (χ0) is 18.4. The second kappa shape index (κ2) is 8.82. The lowest BCUT2D eigenvalue weighted by Crippen LogP contribution is -3.11. The fourth-order valence-electron chi connectivity index (χ4n) is 2.74. The van der Waals surface area contributed by atoms with E-state index >= 15 is 0 Å². The molecule has 1 N–H and O–H groups in total. The molecule has 0 radical (unpaired) electrons. The van der Waals surface area contributed by atoms with E-state index in [0.717, 1.165) is 19.6 Å².